The van der Waals surface area contributed by atoms with Crippen LogP contribution in [0.2, 0.25) is 0 Å². The minimum atomic E-state index is -0.658. The fourth-order valence-corrected chi connectivity index (χ4v) is 4.94. The van der Waals surface area contributed by atoms with E-state index in [2.05, 4.69) is 41.5 Å². The summed E-state index contributed by atoms with van der Waals surface area (Å²) in [6.45, 7) is 13.0. The van der Waals surface area contributed by atoms with Crippen molar-refractivity contribution in [1.82, 2.24) is 0 Å². The van der Waals surface area contributed by atoms with Crippen LogP contribution in [-0.4, -0.2) is 11.6 Å². The van der Waals surface area contributed by atoms with Crippen molar-refractivity contribution in [3.05, 3.63) is 143 Å². The molecule has 0 aliphatic rings. The van der Waals surface area contributed by atoms with Crippen LogP contribution in [-0.2, 0) is 10.8 Å². The summed E-state index contributed by atoms with van der Waals surface area (Å²) in [6, 6.07) is 35.2. The van der Waals surface area contributed by atoms with E-state index in [1.54, 1.807) is 0 Å². The van der Waals surface area contributed by atoms with Gasteiger partial charge in [0.05, 0.1) is 11.8 Å². The molecule has 0 fully saturated rings. The molecule has 0 spiro atoms. The van der Waals surface area contributed by atoms with Gasteiger partial charge >= 0.3 is 0 Å². The Morgan fingerprint density at radius 1 is 0.447 bits per heavy atom. The van der Waals surface area contributed by atoms with E-state index in [0.29, 0.717) is 11.1 Å². The Morgan fingerprint density at radius 2 is 0.737 bits per heavy atom. The molecule has 0 saturated heterocycles. The quantitative estimate of drug-likeness (QED) is 0.236. The zero-order chi connectivity index (χ0) is 27.5. The van der Waals surface area contributed by atoms with Crippen LogP contribution >= 0.6 is 0 Å². The van der Waals surface area contributed by atoms with E-state index >= 15 is 0 Å². The molecule has 0 saturated carbocycles. The van der Waals surface area contributed by atoms with E-state index in [1.165, 1.54) is 11.1 Å². The van der Waals surface area contributed by atoms with Crippen LogP contribution < -0.4 is 0 Å². The lowest BCUT2D eigenvalue weighted by molar-refractivity contribution is 0.0866. The fourth-order valence-electron chi connectivity index (χ4n) is 4.94. The van der Waals surface area contributed by atoms with Crippen LogP contribution in [0, 0.1) is 0 Å². The number of rotatable bonds is 7. The molecular formula is C36H38O2. The number of Topliss-reactive ketones (excluding diaryl/α,β-unsaturated/α-hetero) is 2. The summed E-state index contributed by atoms with van der Waals surface area (Å²) >= 11 is 0. The van der Waals surface area contributed by atoms with Crippen molar-refractivity contribution >= 4 is 11.6 Å². The van der Waals surface area contributed by atoms with E-state index in [1.807, 2.05) is 109 Å². The molecular weight excluding hydrogens is 464 g/mol. The van der Waals surface area contributed by atoms with Gasteiger partial charge in [0.15, 0.2) is 11.6 Å². The normalized spacial score (nSPS) is 13.5. The van der Waals surface area contributed by atoms with Gasteiger partial charge in [-0.1, -0.05) is 151 Å². The fraction of sp³-hybridized carbons (Fsp3) is 0.278. The Kier molecular flexibility index (Phi) is 7.83. The zero-order valence-corrected chi connectivity index (χ0v) is 23.4. The van der Waals surface area contributed by atoms with Gasteiger partial charge in [0.1, 0.15) is 0 Å². The molecule has 0 aliphatic carbocycles. The van der Waals surface area contributed by atoms with Gasteiger partial charge in [-0.25, -0.2) is 0 Å². The number of carbonyl (C=O) groups excluding carboxylic acids is 2. The molecule has 2 atom stereocenters. The Bertz CT molecular complexity index is 1260. The van der Waals surface area contributed by atoms with Gasteiger partial charge in [0, 0.05) is 11.1 Å². The summed E-state index contributed by atoms with van der Waals surface area (Å²) in [5.74, 6) is -1.42. The average molecular weight is 503 g/mol. The van der Waals surface area contributed by atoms with E-state index in [0.717, 1.165) is 11.1 Å². The maximum atomic E-state index is 14.3. The summed E-state index contributed by atoms with van der Waals surface area (Å²) in [6.07, 6.45) is 0. The number of hydrogen-bond acceptors (Lipinski definition) is 2. The lowest BCUT2D eigenvalue weighted by Gasteiger charge is -2.27. The SMILES string of the molecule is CC(C)(C)c1ccc(C(=O)C(c2ccccc2)C(C(=O)c2ccc(C(C)(C)C)cc2)c2ccccc2)cc1. The molecule has 0 aromatic heterocycles. The van der Waals surface area contributed by atoms with E-state index in [-0.39, 0.29) is 22.4 Å². The first kappa shape index (κ1) is 27.3. The second-order valence-corrected chi connectivity index (χ2v) is 12.2. The molecule has 4 aromatic rings. The second-order valence-electron chi connectivity index (χ2n) is 12.2. The van der Waals surface area contributed by atoms with Crippen LogP contribution in [0.15, 0.2) is 109 Å². The minimum Gasteiger partial charge on any atom is -0.293 e. The van der Waals surface area contributed by atoms with Gasteiger partial charge in [-0.3, -0.25) is 9.59 Å². The topological polar surface area (TPSA) is 34.1 Å². The summed E-state index contributed by atoms with van der Waals surface area (Å²) in [5.41, 5.74) is 5.22. The second kappa shape index (κ2) is 10.9. The maximum absolute atomic E-state index is 14.3. The van der Waals surface area contributed by atoms with Crippen LogP contribution in [0.25, 0.3) is 0 Å². The van der Waals surface area contributed by atoms with Gasteiger partial charge in [0.2, 0.25) is 0 Å². The van der Waals surface area contributed by atoms with Gasteiger partial charge in [-0.2, -0.15) is 0 Å². The molecule has 2 unspecified atom stereocenters. The zero-order valence-electron chi connectivity index (χ0n) is 23.4. The molecule has 0 N–H and O–H groups in total. The largest absolute Gasteiger partial charge is 0.293 e. The first-order valence-electron chi connectivity index (χ1n) is 13.4. The lowest BCUT2D eigenvalue weighted by atomic mass is 9.73. The molecule has 0 radical (unpaired) electrons. The third-order valence-electron chi connectivity index (χ3n) is 7.29. The van der Waals surface area contributed by atoms with Crippen molar-refractivity contribution in [2.45, 2.75) is 64.2 Å². The number of carbonyl (C=O) groups is 2. The highest BCUT2D eigenvalue weighted by atomic mass is 16.1. The van der Waals surface area contributed by atoms with Gasteiger partial charge in [-0.05, 0) is 33.1 Å². The molecule has 0 bridgehead atoms. The molecule has 4 rings (SSSR count). The minimum absolute atomic E-state index is 0.0117. The molecule has 0 amide bonds. The average Bonchev–Trinajstić information content (AvgIpc) is 2.91. The van der Waals surface area contributed by atoms with E-state index in [9.17, 15) is 9.59 Å². The molecule has 2 nitrogen and oxygen atoms in total. The molecule has 194 valence electrons. The van der Waals surface area contributed by atoms with Gasteiger partial charge in [0.25, 0.3) is 0 Å². The van der Waals surface area contributed by atoms with Crippen LogP contribution in [0.4, 0.5) is 0 Å². The number of ketones is 2. The summed E-state index contributed by atoms with van der Waals surface area (Å²) in [5, 5.41) is 0. The number of benzene rings is 4. The molecule has 2 heteroatoms. The van der Waals surface area contributed by atoms with Crippen LogP contribution in [0.3, 0.4) is 0 Å². The van der Waals surface area contributed by atoms with Crippen molar-refractivity contribution in [3.8, 4) is 0 Å². The van der Waals surface area contributed by atoms with Crippen molar-refractivity contribution in [2.24, 2.45) is 0 Å². The molecule has 4 aromatic carbocycles. The van der Waals surface area contributed by atoms with Gasteiger partial charge in [-0.15, -0.1) is 0 Å². The van der Waals surface area contributed by atoms with Gasteiger partial charge < -0.3 is 0 Å². The number of hydrogen-bond donors (Lipinski definition) is 0. The third-order valence-corrected chi connectivity index (χ3v) is 7.29. The van der Waals surface area contributed by atoms with Crippen molar-refractivity contribution in [3.63, 3.8) is 0 Å². The standard InChI is InChI=1S/C36H38O2/c1-35(2,3)29-21-17-27(18-22-29)33(37)31(25-13-9-7-10-14-25)32(26-15-11-8-12-16-26)34(38)28-19-23-30(24-20-28)36(4,5)6/h7-24,31-32H,1-6H3. The Hall–Kier alpha value is -3.78. The first-order chi connectivity index (χ1) is 18.0. The molecule has 38 heavy (non-hydrogen) atoms. The summed E-state index contributed by atoms with van der Waals surface area (Å²) < 4.78 is 0. The van der Waals surface area contributed by atoms with Crippen LogP contribution in [0.5, 0.6) is 0 Å². The highest BCUT2D eigenvalue weighted by Gasteiger charge is 2.37. The van der Waals surface area contributed by atoms with E-state index in [4.69, 9.17) is 0 Å². The van der Waals surface area contributed by atoms with Crippen molar-refractivity contribution < 1.29 is 9.59 Å². The first-order valence-corrected chi connectivity index (χ1v) is 13.4. The van der Waals surface area contributed by atoms with Crippen LogP contribution in [0.1, 0.15) is 96.3 Å². The smallest absolute Gasteiger partial charge is 0.171 e. The van der Waals surface area contributed by atoms with Crippen molar-refractivity contribution in [1.29, 1.82) is 0 Å². The third kappa shape index (κ3) is 6.02. The predicted octanol–water partition coefficient (Wildman–Crippen LogP) is 8.91. The molecule has 0 aliphatic heterocycles. The predicted molar refractivity (Wildman–Crippen MR) is 157 cm³/mol. The Morgan fingerprint density at radius 3 is 1.00 bits per heavy atom. The molecule has 0 heterocycles. The maximum Gasteiger partial charge on any atom is 0.171 e. The summed E-state index contributed by atoms with van der Waals surface area (Å²) in [4.78, 5) is 28.6. The van der Waals surface area contributed by atoms with Crippen molar-refractivity contribution in [2.75, 3.05) is 0 Å². The Balaban J connectivity index is 1.84. The Labute approximate surface area is 227 Å². The summed E-state index contributed by atoms with van der Waals surface area (Å²) in [7, 11) is 0. The highest BCUT2D eigenvalue weighted by Crippen LogP contribution is 2.39. The van der Waals surface area contributed by atoms with E-state index < -0.39 is 11.8 Å². The lowest BCUT2D eigenvalue weighted by Crippen LogP contribution is -2.27. The monoisotopic (exact) mass is 502 g/mol. The highest BCUT2D eigenvalue weighted by molar-refractivity contribution is 6.09.